The van der Waals surface area contributed by atoms with Gasteiger partial charge in [0, 0.05) is 11.5 Å². The second-order valence-electron chi connectivity index (χ2n) is 5.30. The minimum absolute atomic E-state index is 0.127. The molecular formula is C20H17OSi. The van der Waals surface area contributed by atoms with Crippen molar-refractivity contribution in [3.8, 4) is 0 Å². The maximum Gasteiger partial charge on any atom is 0.130 e. The van der Waals surface area contributed by atoms with Crippen LogP contribution in [-0.4, -0.2) is 15.6 Å². The van der Waals surface area contributed by atoms with Crippen molar-refractivity contribution in [2.24, 2.45) is 0 Å². The topological polar surface area (TPSA) is 17.1 Å². The highest BCUT2D eigenvalue weighted by Crippen LogP contribution is 2.31. The van der Waals surface area contributed by atoms with Crippen molar-refractivity contribution in [1.29, 1.82) is 0 Å². The van der Waals surface area contributed by atoms with Gasteiger partial charge in [-0.1, -0.05) is 84.9 Å². The lowest BCUT2D eigenvalue weighted by Gasteiger charge is -2.19. The van der Waals surface area contributed by atoms with E-state index in [9.17, 15) is 4.79 Å². The Labute approximate surface area is 134 Å². The lowest BCUT2D eigenvalue weighted by Crippen LogP contribution is -2.04. The van der Waals surface area contributed by atoms with Crippen LogP contribution in [0.5, 0.6) is 0 Å². The van der Waals surface area contributed by atoms with E-state index >= 15 is 0 Å². The molecule has 22 heavy (non-hydrogen) atoms. The maximum absolute atomic E-state index is 11.5. The molecule has 3 aromatic carbocycles. The summed E-state index contributed by atoms with van der Waals surface area (Å²) in [5.41, 5.74) is 4.48. The van der Waals surface area contributed by atoms with E-state index in [4.69, 9.17) is 0 Å². The fraction of sp³-hybridized carbons (Fsp3) is 0.0500. The van der Waals surface area contributed by atoms with Crippen molar-refractivity contribution in [2.75, 3.05) is 0 Å². The summed E-state index contributed by atoms with van der Waals surface area (Å²) in [6, 6.07) is 28.9. The molecule has 0 fully saturated rings. The lowest BCUT2D eigenvalue weighted by molar-refractivity contribution is 0.108. The molecule has 3 aromatic rings. The van der Waals surface area contributed by atoms with Crippen molar-refractivity contribution in [1.82, 2.24) is 0 Å². The van der Waals surface area contributed by atoms with Crippen LogP contribution in [0.4, 0.5) is 0 Å². The van der Waals surface area contributed by atoms with E-state index in [1.807, 2.05) is 24.3 Å². The van der Waals surface area contributed by atoms with Crippen molar-refractivity contribution in [3.05, 3.63) is 107 Å². The molecule has 3 rings (SSSR count). The number of hydrogen-bond donors (Lipinski definition) is 0. The number of benzene rings is 3. The Kier molecular flexibility index (Phi) is 4.31. The predicted molar refractivity (Wildman–Crippen MR) is 93.1 cm³/mol. The summed E-state index contributed by atoms with van der Waals surface area (Å²) < 4.78 is 0. The first-order valence-electron chi connectivity index (χ1n) is 7.32. The third-order valence-electron chi connectivity index (χ3n) is 3.83. The van der Waals surface area contributed by atoms with Gasteiger partial charge < -0.3 is 4.79 Å². The molecule has 0 amide bonds. The lowest BCUT2D eigenvalue weighted by atomic mass is 9.85. The molecule has 0 atom stereocenters. The van der Waals surface area contributed by atoms with E-state index in [1.54, 1.807) is 0 Å². The summed E-state index contributed by atoms with van der Waals surface area (Å²) in [6.45, 7) is 0. The van der Waals surface area contributed by atoms with Crippen LogP contribution in [0.2, 0.25) is 0 Å². The van der Waals surface area contributed by atoms with Gasteiger partial charge >= 0.3 is 0 Å². The second kappa shape index (κ2) is 6.54. The summed E-state index contributed by atoms with van der Waals surface area (Å²) in [5, 5.41) is 0.127. The molecule has 0 N–H and O–H groups in total. The summed E-state index contributed by atoms with van der Waals surface area (Å²) in [4.78, 5) is 11.5. The summed E-state index contributed by atoms with van der Waals surface area (Å²) in [7, 11) is 1.39. The molecule has 1 radical (unpaired) electrons. The third-order valence-corrected chi connectivity index (χ3v) is 4.24. The van der Waals surface area contributed by atoms with Crippen LogP contribution >= 0.6 is 0 Å². The minimum atomic E-state index is 0.127. The first kappa shape index (κ1) is 14.5. The standard InChI is InChI=1S/C20H17OSi/c21-20(22)18-13-11-17(12-14-18)19(15-7-3-1-4-8-15)16-9-5-2-6-10-16/h1-14,19H,22H2. The van der Waals surface area contributed by atoms with Gasteiger partial charge in [0.05, 0.1) is 0 Å². The van der Waals surface area contributed by atoms with E-state index in [0.29, 0.717) is 0 Å². The Morgan fingerprint density at radius 1 is 0.636 bits per heavy atom. The summed E-state index contributed by atoms with van der Waals surface area (Å²) in [6.07, 6.45) is 0. The zero-order valence-electron chi connectivity index (χ0n) is 12.3. The molecule has 0 aliphatic heterocycles. The highest BCUT2D eigenvalue weighted by molar-refractivity contribution is 6.62. The Balaban J connectivity index is 2.08. The van der Waals surface area contributed by atoms with Crippen LogP contribution in [0.3, 0.4) is 0 Å². The highest BCUT2D eigenvalue weighted by atomic mass is 28.1. The van der Waals surface area contributed by atoms with Gasteiger partial charge in [-0.2, -0.15) is 0 Å². The van der Waals surface area contributed by atoms with Gasteiger partial charge in [-0.3, -0.25) is 0 Å². The van der Waals surface area contributed by atoms with Gasteiger partial charge in [-0.25, -0.2) is 0 Å². The zero-order valence-corrected chi connectivity index (χ0v) is 13.7. The largest absolute Gasteiger partial charge is 0.301 e. The molecule has 0 bridgehead atoms. The molecule has 1 nitrogen and oxygen atoms in total. The van der Waals surface area contributed by atoms with Crippen molar-refractivity contribution in [3.63, 3.8) is 0 Å². The normalized spacial score (nSPS) is 10.6. The van der Waals surface area contributed by atoms with Crippen LogP contribution in [0, 0.1) is 0 Å². The number of carbonyl (C=O) groups excluding carboxylic acids is 1. The van der Waals surface area contributed by atoms with Crippen LogP contribution < -0.4 is 0 Å². The maximum atomic E-state index is 11.5. The number of hydrogen-bond acceptors (Lipinski definition) is 1. The number of rotatable bonds is 4. The van der Waals surface area contributed by atoms with E-state index < -0.39 is 0 Å². The van der Waals surface area contributed by atoms with Crippen molar-refractivity contribution in [2.45, 2.75) is 5.92 Å². The zero-order chi connectivity index (χ0) is 15.4. The Morgan fingerprint density at radius 3 is 1.45 bits per heavy atom. The smallest absolute Gasteiger partial charge is 0.130 e. The first-order chi connectivity index (χ1) is 10.8. The van der Waals surface area contributed by atoms with E-state index in [0.717, 1.165) is 5.56 Å². The second-order valence-corrected chi connectivity index (χ2v) is 5.94. The quantitative estimate of drug-likeness (QED) is 0.531. The van der Waals surface area contributed by atoms with Crippen LogP contribution in [-0.2, 0) is 0 Å². The molecule has 107 valence electrons. The average Bonchev–Trinajstić information content (AvgIpc) is 2.57. The van der Waals surface area contributed by atoms with Crippen molar-refractivity contribution < 1.29 is 4.79 Å². The first-order valence-corrected chi connectivity index (χ1v) is 8.02. The Morgan fingerprint density at radius 2 is 1.05 bits per heavy atom. The molecule has 0 spiro atoms. The molecule has 0 unspecified atom stereocenters. The van der Waals surface area contributed by atoms with Gasteiger partial charge in [-0.05, 0) is 16.7 Å². The van der Waals surface area contributed by atoms with Gasteiger partial charge in [0.25, 0.3) is 0 Å². The van der Waals surface area contributed by atoms with Crippen LogP contribution in [0.15, 0.2) is 84.9 Å². The van der Waals surface area contributed by atoms with Gasteiger partial charge in [-0.15, -0.1) is 0 Å². The predicted octanol–water partition coefficient (Wildman–Crippen LogP) is 3.64. The molecule has 0 aliphatic carbocycles. The molecule has 0 saturated carbocycles. The third kappa shape index (κ3) is 3.07. The van der Waals surface area contributed by atoms with Crippen molar-refractivity contribution >= 4 is 15.6 Å². The summed E-state index contributed by atoms with van der Waals surface area (Å²) in [5.74, 6) is 0.186. The SMILES string of the molecule is O=C([SiH2])c1ccc(C(c2ccccc2)c2ccccc2)cc1. The van der Waals surface area contributed by atoms with Gasteiger partial charge in [0.1, 0.15) is 15.6 Å². The fourth-order valence-corrected chi connectivity index (χ4v) is 2.97. The monoisotopic (exact) mass is 301 g/mol. The molecule has 0 saturated heterocycles. The Hall–Kier alpha value is -2.45. The van der Waals surface area contributed by atoms with Crippen LogP contribution in [0.25, 0.3) is 0 Å². The van der Waals surface area contributed by atoms with Gasteiger partial charge in [0.2, 0.25) is 0 Å². The fourth-order valence-electron chi connectivity index (χ4n) is 2.73. The van der Waals surface area contributed by atoms with E-state index in [1.165, 1.54) is 26.9 Å². The summed E-state index contributed by atoms with van der Waals surface area (Å²) >= 11 is 0. The molecule has 2 heteroatoms. The highest BCUT2D eigenvalue weighted by Gasteiger charge is 2.16. The van der Waals surface area contributed by atoms with Gasteiger partial charge in [0.15, 0.2) is 0 Å². The van der Waals surface area contributed by atoms with E-state index in [2.05, 4.69) is 60.7 Å². The molecule has 0 aliphatic rings. The van der Waals surface area contributed by atoms with E-state index in [-0.39, 0.29) is 11.3 Å². The molecular weight excluding hydrogens is 284 g/mol. The minimum Gasteiger partial charge on any atom is -0.301 e. The molecule has 0 heterocycles. The Bertz CT molecular complexity index is 709. The van der Waals surface area contributed by atoms with Crippen LogP contribution in [0.1, 0.15) is 33.0 Å². The molecule has 0 aromatic heterocycles. The average molecular weight is 301 g/mol. The number of carbonyl (C=O) groups is 1.